The van der Waals surface area contributed by atoms with E-state index in [1.807, 2.05) is 0 Å². The summed E-state index contributed by atoms with van der Waals surface area (Å²) in [5.74, 6) is -2.04. The number of rotatable bonds is 8. The predicted molar refractivity (Wildman–Crippen MR) is 107 cm³/mol. The van der Waals surface area contributed by atoms with Crippen LogP contribution in [0.25, 0.3) is 0 Å². The van der Waals surface area contributed by atoms with Crippen LogP contribution in [-0.4, -0.2) is 36.8 Å². The molecular weight excluding hydrogens is 407 g/mol. The molecule has 0 aliphatic rings. The molecule has 31 heavy (non-hydrogen) atoms. The van der Waals surface area contributed by atoms with Crippen molar-refractivity contribution in [1.29, 1.82) is 0 Å². The minimum absolute atomic E-state index is 0.0459. The van der Waals surface area contributed by atoms with Gasteiger partial charge >= 0.3 is 0 Å². The highest BCUT2D eigenvalue weighted by molar-refractivity contribution is 5.96. The molecule has 0 atom stereocenters. The maximum Gasteiger partial charge on any atom is 0.293 e. The van der Waals surface area contributed by atoms with Gasteiger partial charge in [-0.15, -0.1) is 10.2 Å². The zero-order valence-corrected chi connectivity index (χ0v) is 17.2. The Morgan fingerprint density at radius 3 is 2.45 bits per heavy atom. The number of H-pyrrole nitrogens is 1. The molecule has 10 heteroatoms. The molecule has 3 rings (SSSR count). The lowest BCUT2D eigenvalue weighted by molar-refractivity contribution is 0.0920. The number of carbonyl (C=O) groups is 2. The second kappa shape index (κ2) is 8.58. The smallest absolute Gasteiger partial charge is 0.293 e. The van der Waals surface area contributed by atoms with E-state index in [1.165, 1.54) is 12.1 Å². The van der Waals surface area contributed by atoms with E-state index in [-0.39, 0.29) is 48.4 Å². The summed E-state index contributed by atoms with van der Waals surface area (Å²) in [4.78, 5) is 43.9. The Hall–Kier alpha value is -3.69. The Balaban J connectivity index is 1.82. The van der Waals surface area contributed by atoms with Crippen LogP contribution in [0.5, 0.6) is 5.75 Å². The van der Waals surface area contributed by atoms with Crippen LogP contribution in [0.4, 0.5) is 4.39 Å². The number of nitrogens with one attached hydrogen (secondary N) is 1. The summed E-state index contributed by atoms with van der Waals surface area (Å²) in [6, 6.07) is 5.66. The lowest BCUT2D eigenvalue weighted by Crippen LogP contribution is -2.29. The molecule has 2 aromatic heterocycles. The fourth-order valence-corrected chi connectivity index (χ4v) is 2.98. The van der Waals surface area contributed by atoms with Gasteiger partial charge in [0.25, 0.3) is 11.4 Å². The molecule has 2 heterocycles. The first-order valence-corrected chi connectivity index (χ1v) is 9.51. The summed E-state index contributed by atoms with van der Waals surface area (Å²) >= 11 is 0. The van der Waals surface area contributed by atoms with Gasteiger partial charge in [0.1, 0.15) is 11.6 Å². The third-order valence-corrected chi connectivity index (χ3v) is 4.72. The van der Waals surface area contributed by atoms with Gasteiger partial charge in [-0.3, -0.25) is 14.4 Å². The maximum absolute atomic E-state index is 13.0. The minimum atomic E-state index is -1.00. The fourth-order valence-electron chi connectivity index (χ4n) is 2.98. The Bertz CT molecular complexity index is 1180. The number of hydrogen-bond acceptors (Lipinski definition) is 8. The lowest BCUT2D eigenvalue weighted by atomic mass is 9.86. The number of aryl methyl sites for hydroxylation is 2. The van der Waals surface area contributed by atoms with Gasteiger partial charge in [-0.05, 0) is 24.1 Å². The largest absolute Gasteiger partial charge is 0.501 e. The lowest BCUT2D eigenvalue weighted by Gasteiger charge is -2.22. The quantitative estimate of drug-likeness (QED) is 0.522. The van der Waals surface area contributed by atoms with Crippen molar-refractivity contribution in [3.05, 3.63) is 69.3 Å². The summed E-state index contributed by atoms with van der Waals surface area (Å²) in [6.07, 6.45) is 0.0992. The van der Waals surface area contributed by atoms with E-state index in [4.69, 9.17) is 4.42 Å². The summed E-state index contributed by atoms with van der Waals surface area (Å²) < 4.78 is 18.1. The second-order valence-corrected chi connectivity index (χ2v) is 7.77. The number of aromatic nitrogens is 4. The third kappa shape index (κ3) is 5.08. The van der Waals surface area contributed by atoms with Crippen LogP contribution < -0.4 is 5.56 Å². The number of nitrogens with zero attached hydrogens (tertiary/aromatic N) is 3. The van der Waals surface area contributed by atoms with E-state index in [0.29, 0.717) is 0 Å². The average molecular weight is 428 g/mol. The number of benzene rings is 1. The first-order valence-electron chi connectivity index (χ1n) is 9.51. The molecule has 0 fully saturated rings. The van der Waals surface area contributed by atoms with Crippen molar-refractivity contribution in [2.45, 2.75) is 45.4 Å². The molecule has 0 unspecified atom stereocenters. The molecule has 162 valence electrons. The summed E-state index contributed by atoms with van der Waals surface area (Å²) in [6.45, 7) is 4.85. The molecule has 0 radical (unpaired) electrons. The highest BCUT2D eigenvalue weighted by atomic mass is 19.1. The van der Waals surface area contributed by atoms with Crippen LogP contribution >= 0.6 is 0 Å². The Morgan fingerprint density at radius 1 is 1.16 bits per heavy atom. The zero-order chi connectivity index (χ0) is 22.8. The van der Waals surface area contributed by atoms with E-state index in [2.05, 4.69) is 20.2 Å². The Kier molecular flexibility index (Phi) is 6.09. The van der Waals surface area contributed by atoms with Gasteiger partial charge in [-0.1, -0.05) is 26.0 Å². The van der Waals surface area contributed by atoms with Crippen LogP contribution in [0.15, 0.2) is 33.5 Å². The van der Waals surface area contributed by atoms with E-state index in [0.717, 1.165) is 5.56 Å². The van der Waals surface area contributed by atoms with Gasteiger partial charge in [-0.2, -0.15) is 0 Å². The van der Waals surface area contributed by atoms with Crippen molar-refractivity contribution >= 4 is 11.6 Å². The molecule has 9 nitrogen and oxygen atoms in total. The Labute approximate surface area is 176 Å². The molecule has 0 aliphatic carbocycles. The maximum atomic E-state index is 13.0. The van der Waals surface area contributed by atoms with Crippen LogP contribution in [0.2, 0.25) is 0 Å². The molecule has 0 saturated heterocycles. The minimum Gasteiger partial charge on any atom is -0.501 e. The zero-order valence-electron chi connectivity index (χ0n) is 17.2. The van der Waals surface area contributed by atoms with E-state index < -0.39 is 28.3 Å². The number of Topliss-reactive ketones (excluding diaryl/α,β-unsaturated/α-hetero) is 2. The van der Waals surface area contributed by atoms with E-state index >= 15 is 0 Å². The molecule has 0 amide bonds. The number of aromatic amines is 1. The molecule has 0 saturated carbocycles. The number of halogens is 1. The standard InChI is InChI=1S/C21H21FN4O5/c1-11-25-26-19(31-11)15(28)10-21(2,3)20-23-16(17(29)18(30)24-20)14(27)9-6-12-4-7-13(22)8-5-12/h4-5,7-8,29H,6,9-10H2,1-3H3,(H,23,24,30). The van der Waals surface area contributed by atoms with Crippen molar-refractivity contribution in [1.82, 2.24) is 20.2 Å². The third-order valence-electron chi connectivity index (χ3n) is 4.72. The van der Waals surface area contributed by atoms with E-state index in [9.17, 15) is 23.9 Å². The van der Waals surface area contributed by atoms with Crippen LogP contribution in [0.1, 0.15) is 65.1 Å². The van der Waals surface area contributed by atoms with Crippen molar-refractivity contribution in [3.8, 4) is 5.75 Å². The van der Waals surface area contributed by atoms with Crippen molar-refractivity contribution in [3.63, 3.8) is 0 Å². The van der Waals surface area contributed by atoms with Crippen LogP contribution in [-0.2, 0) is 11.8 Å². The van der Waals surface area contributed by atoms with Gasteiger partial charge in [0.15, 0.2) is 11.5 Å². The number of ketones is 2. The first kappa shape index (κ1) is 22.0. The normalized spacial score (nSPS) is 11.5. The van der Waals surface area contributed by atoms with Gasteiger partial charge in [0.05, 0.1) is 0 Å². The molecule has 1 aromatic carbocycles. The van der Waals surface area contributed by atoms with E-state index in [1.54, 1.807) is 32.9 Å². The SMILES string of the molecule is Cc1nnc(C(=O)CC(C)(C)c2nc(C(=O)CCc3ccc(F)cc3)c(O)c(=O)[nH]2)o1. The van der Waals surface area contributed by atoms with Crippen molar-refractivity contribution < 1.29 is 23.5 Å². The fraction of sp³-hybridized carbons (Fsp3) is 0.333. The van der Waals surface area contributed by atoms with Gasteiger partial charge in [0, 0.05) is 25.2 Å². The summed E-state index contributed by atoms with van der Waals surface area (Å²) in [5, 5.41) is 17.4. The molecular formula is C21H21FN4O5. The highest BCUT2D eigenvalue weighted by Crippen LogP contribution is 2.27. The molecule has 3 aromatic rings. The molecule has 0 spiro atoms. The summed E-state index contributed by atoms with van der Waals surface area (Å²) in [7, 11) is 0. The number of carbonyl (C=O) groups excluding carboxylic acids is 2. The second-order valence-electron chi connectivity index (χ2n) is 7.77. The van der Waals surface area contributed by atoms with Crippen LogP contribution in [0, 0.1) is 12.7 Å². The van der Waals surface area contributed by atoms with Gasteiger partial charge in [0.2, 0.25) is 17.4 Å². The molecule has 0 aliphatic heterocycles. The predicted octanol–water partition coefficient (Wildman–Crippen LogP) is 2.67. The summed E-state index contributed by atoms with van der Waals surface area (Å²) in [5.41, 5.74) is -1.54. The Morgan fingerprint density at radius 2 is 1.84 bits per heavy atom. The average Bonchev–Trinajstić information content (AvgIpc) is 3.15. The van der Waals surface area contributed by atoms with Gasteiger partial charge < -0.3 is 14.5 Å². The topological polar surface area (TPSA) is 139 Å². The number of aromatic hydroxyl groups is 1. The molecule has 0 bridgehead atoms. The monoisotopic (exact) mass is 428 g/mol. The molecule has 2 N–H and O–H groups in total. The first-order chi connectivity index (χ1) is 14.6. The van der Waals surface area contributed by atoms with Gasteiger partial charge in [-0.25, -0.2) is 9.37 Å². The van der Waals surface area contributed by atoms with Crippen molar-refractivity contribution in [2.24, 2.45) is 0 Å². The highest BCUT2D eigenvalue weighted by Gasteiger charge is 2.31. The number of hydrogen-bond donors (Lipinski definition) is 2. The van der Waals surface area contributed by atoms with Crippen LogP contribution in [0.3, 0.4) is 0 Å². The van der Waals surface area contributed by atoms with Crippen molar-refractivity contribution in [2.75, 3.05) is 0 Å².